The predicted octanol–water partition coefficient (Wildman–Crippen LogP) is 11.8. The van der Waals surface area contributed by atoms with Gasteiger partial charge in [0.15, 0.2) is 0 Å². The Bertz CT molecular complexity index is 7180. The molecule has 16 aromatic rings. The summed E-state index contributed by atoms with van der Waals surface area (Å²) in [6, 6.07) is 51.7. The number of amides is 8. The molecule has 31 heteroatoms. The molecular formula is C99H95N19O12. The number of anilines is 1. The number of piperazine rings is 1. The number of para-hydroxylation sites is 5. The second-order valence-corrected chi connectivity index (χ2v) is 33.7. The molecule has 0 radical (unpaired) electrons. The molecule has 5 aliphatic heterocycles. The van der Waals surface area contributed by atoms with Crippen molar-refractivity contribution in [3.8, 4) is 23.0 Å². The number of hydrogen-bond donors (Lipinski definition) is 12. The number of imide groups is 4. The van der Waals surface area contributed by atoms with Crippen LogP contribution in [0.5, 0.6) is 23.0 Å². The lowest BCUT2D eigenvalue weighted by atomic mass is 9.95. The van der Waals surface area contributed by atoms with Crippen LogP contribution >= 0.6 is 0 Å². The Morgan fingerprint density at radius 1 is 0.377 bits per heavy atom. The number of aryl methyl sites for hydroxylation is 3. The summed E-state index contributed by atoms with van der Waals surface area (Å²) in [4.78, 5) is 140. The zero-order chi connectivity index (χ0) is 90.6. The van der Waals surface area contributed by atoms with Crippen molar-refractivity contribution >= 4 is 185 Å². The minimum atomic E-state index is -0.496. The van der Waals surface area contributed by atoms with Crippen LogP contribution in [-0.2, 0) is 58.0 Å². The predicted molar refractivity (Wildman–Crippen MR) is 504 cm³/mol. The zero-order valence-corrected chi connectivity index (χ0v) is 72.7. The van der Waals surface area contributed by atoms with Gasteiger partial charge in [-0.05, 0) is 203 Å². The number of carbonyl (C=O) groups excluding carboxylic acids is 8. The number of phenolic OH excluding ortho intramolecular Hbond substituents is 3. The lowest BCUT2D eigenvalue weighted by Gasteiger charge is -2.34. The van der Waals surface area contributed by atoms with E-state index in [1.807, 2.05) is 174 Å². The molecule has 0 bridgehead atoms. The number of phenols is 3. The number of likely N-dealkylation sites (N-methyl/N-ethyl adjacent to an activating group) is 1. The SMILES string of the molecule is CN(C)CCCn1cc(C2=C(c3cc4ccccc4[nH]3)C(=O)NC2=O)c2cc(O)ccc21.CN(C)CCCn1cc(C2=C(c3nc4ccccc4[nH]3)C(=O)NC2=O)c2cc(O)ccc21.CN1CCN(c2cccc3[nH]c(C4=C(c5c[nH]c6ccc(O)cc56)C(=O)NC4=O)nc23)CC1.COc1ccc2c(c1)c(C1=C(c3c[nH]c4ccccc34)C(=O)NC1=O)cn2CCCN(C)C. The Morgan fingerprint density at radius 3 is 1.33 bits per heavy atom. The molecule has 1 saturated heterocycles. The number of hydrogen-bond acceptors (Lipinski definition) is 19. The molecule has 12 N–H and O–H groups in total. The molecule has 5 aliphatic rings. The van der Waals surface area contributed by atoms with E-state index in [1.54, 1.807) is 62.0 Å². The summed E-state index contributed by atoms with van der Waals surface area (Å²) in [6.07, 6.45) is 12.1. The number of fused-ring (bicyclic) bond motifs is 8. The number of benzene rings is 8. The first-order valence-electron chi connectivity index (χ1n) is 42.8. The molecule has 658 valence electrons. The summed E-state index contributed by atoms with van der Waals surface area (Å²) < 4.78 is 11.8. The van der Waals surface area contributed by atoms with E-state index in [-0.39, 0.29) is 51.4 Å². The molecule has 0 spiro atoms. The Kier molecular flexibility index (Phi) is 23.1. The normalized spacial score (nSPS) is 15.1. The number of aromatic nitrogens is 10. The molecule has 31 nitrogen and oxygen atoms in total. The second kappa shape index (κ2) is 35.3. The number of nitrogens with one attached hydrogen (secondary N) is 9. The van der Waals surface area contributed by atoms with E-state index in [9.17, 15) is 53.7 Å². The smallest absolute Gasteiger partial charge is 0.262 e. The fourth-order valence-electron chi connectivity index (χ4n) is 17.9. The highest BCUT2D eigenvalue weighted by Gasteiger charge is 2.40. The Hall–Kier alpha value is -15.7. The van der Waals surface area contributed by atoms with Gasteiger partial charge >= 0.3 is 0 Å². The van der Waals surface area contributed by atoms with Crippen molar-refractivity contribution in [3.63, 3.8) is 0 Å². The zero-order valence-electron chi connectivity index (χ0n) is 72.7. The monoisotopic (exact) mass is 1740 g/mol. The molecule has 130 heavy (non-hydrogen) atoms. The van der Waals surface area contributed by atoms with Gasteiger partial charge in [-0.15, -0.1) is 0 Å². The van der Waals surface area contributed by atoms with Gasteiger partial charge in [0.2, 0.25) is 0 Å². The van der Waals surface area contributed by atoms with Gasteiger partial charge in [0, 0.05) is 170 Å². The number of carbonyl (C=O) groups is 8. The lowest BCUT2D eigenvalue weighted by Crippen LogP contribution is -2.44. The van der Waals surface area contributed by atoms with Gasteiger partial charge in [0.1, 0.15) is 40.2 Å². The number of ether oxygens (including phenoxy) is 1. The van der Waals surface area contributed by atoms with E-state index in [0.29, 0.717) is 78.4 Å². The van der Waals surface area contributed by atoms with Gasteiger partial charge < -0.3 is 83.2 Å². The fourth-order valence-corrected chi connectivity index (χ4v) is 17.9. The molecule has 8 aromatic carbocycles. The quantitative estimate of drug-likeness (QED) is 0.0280. The van der Waals surface area contributed by atoms with E-state index in [2.05, 4.69) is 111 Å². The highest BCUT2D eigenvalue weighted by Crippen LogP contribution is 2.44. The Labute approximate surface area is 744 Å². The van der Waals surface area contributed by atoms with E-state index < -0.39 is 35.4 Å². The highest BCUT2D eigenvalue weighted by molar-refractivity contribution is 6.53. The van der Waals surface area contributed by atoms with Crippen molar-refractivity contribution in [3.05, 3.63) is 246 Å². The van der Waals surface area contributed by atoms with E-state index in [4.69, 9.17) is 9.72 Å². The third-order valence-corrected chi connectivity index (χ3v) is 24.2. The maximum Gasteiger partial charge on any atom is 0.262 e. The van der Waals surface area contributed by atoms with Crippen LogP contribution < -0.4 is 30.9 Å². The van der Waals surface area contributed by atoms with Crippen LogP contribution in [0, 0.1) is 0 Å². The maximum atomic E-state index is 13.1. The molecule has 13 heterocycles. The molecule has 0 saturated carbocycles. The van der Waals surface area contributed by atoms with Crippen LogP contribution in [-0.4, -0.2) is 233 Å². The number of aromatic amines is 5. The van der Waals surface area contributed by atoms with Gasteiger partial charge in [-0.1, -0.05) is 54.6 Å². The van der Waals surface area contributed by atoms with Crippen LogP contribution in [0.3, 0.4) is 0 Å². The maximum absolute atomic E-state index is 13.1. The summed E-state index contributed by atoms with van der Waals surface area (Å²) >= 11 is 0. The first-order chi connectivity index (χ1) is 62.8. The van der Waals surface area contributed by atoms with Crippen molar-refractivity contribution in [2.75, 3.05) is 107 Å². The van der Waals surface area contributed by atoms with E-state index in [1.165, 1.54) is 0 Å². The number of nitrogens with zero attached hydrogens (tertiary/aromatic N) is 10. The molecule has 1 fully saturated rings. The van der Waals surface area contributed by atoms with E-state index >= 15 is 0 Å². The van der Waals surface area contributed by atoms with Crippen LogP contribution in [0.15, 0.2) is 201 Å². The first-order valence-corrected chi connectivity index (χ1v) is 42.8. The average molecular weight is 1740 g/mol. The van der Waals surface area contributed by atoms with E-state index in [0.717, 1.165) is 173 Å². The third kappa shape index (κ3) is 16.4. The van der Waals surface area contributed by atoms with Gasteiger partial charge in [0.25, 0.3) is 47.3 Å². The number of rotatable bonds is 22. The minimum absolute atomic E-state index is 0.0794. The van der Waals surface area contributed by atoms with Gasteiger partial charge in [-0.25, -0.2) is 9.97 Å². The minimum Gasteiger partial charge on any atom is -0.508 e. The number of aromatic hydroxyl groups is 3. The van der Waals surface area contributed by atoms with Crippen molar-refractivity contribution in [1.82, 2.24) is 89.5 Å². The van der Waals surface area contributed by atoms with Crippen molar-refractivity contribution < 1.29 is 58.4 Å². The van der Waals surface area contributed by atoms with Crippen LogP contribution in [0.2, 0.25) is 0 Å². The highest BCUT2D eigenvalue weighted by atomic mass is 16.5. The third-order valence-electron chi connectivity index (χ3n) is 24.2. The fraction of sp³-hybridized carbons (Fsp3) is 0.212. The molecule has 21 rings (SSSR count). The molecule has 0 aliphatic carbocycles. The summed E-state index contributed by atoms with van der Waals surface area (Å²) in [7, 11) is 15.9. The molecule has 0 unspecified atom stereocenters. The van der Waals surface area contributed by atoms with Crippen molar-refractivity contribution in [1.29, 1.82) is 0 Å². The first kappa shape index (κ1) is 85.1. The van der Waals surface area contributed by atoms with Crippen LogP contribution in [0.25, 0.3) is 132 Å². The lowest BCUT2D eigenvalue weighted by molar-refractivity contribution is -0.124. The summed E-state index contributed by atoms with van der Waals surface area (Å²) in [5.74, 6) is -1.87. The van der Waals surface area contributed by atoms with Crippen molar-refractivity contribution in [2.45, 2.75) is 38.9 Å². The Morgan fingerprint density at radius 2 is 0.792 bits per heavy atom. The number of methoxy groups -OCH3 is 1. The molecule has 8 aromatic heterocycles. The summed E-state index contributed by atoms with van der Waals surface area (Å²) in [6.45, 7) is 8.80. The van der Waals surface area contributed by atoms with Crippen LogP contribution in [0.1, 0.15) is 64.4 Å². The van der Waals surface area contributed by atoms with Gasteiger partial charge in [0.05, 0.1) is 79.6 Å². The second-order valence-electron chi connectivity index (χ2n) is 33.7. The summed E-state index contributed by atoms with van der Waals surface area (Å²) in [5.41, 5.74) is 15.6. The summed E-state index contributed by atoms with van der Waals surface area (Å²) in [5, 5.41) is 44.9. The number of H-pyrrole nitrogens is 5. The largest absolute Gasteiger partial charge is 0.508 e. The van der Waals surface area contributed by atoms with Crippen LogP contribution in [0.4, 0.5) is 5.69 Å². The average Bonchev–Trinajstić information content (AvgIpc) is 1.62. The standard InChI is InChI=1S/C26H26N4O3.C25H24N4O3.C24H22N6O3.C24H23N5O3/c1-29(2)11-6-12-30-15-20(18-13-16(33-3)9-10-22(18)30)24-23(25(31)28-26(24)32)19-14-27-21-8-5-4-7-17(19)21;1-28(2)10-5-11-29-14-18(17-13-16(30)8-9-21(17)29)22-23(25(32)27-24(22)31)20-12-15-6-3-4-7-19(15)26-20;1-29-7-9-30(10-8-29)18-4-2-3-17-21(18)27-22(26-17)20-19(23(32)28-24(20)33)15-12-25-16-6-5-13(31)11-14(15)16;1-28(2)10-5-11-29-13-16(15-12-14(30)8-9-19(15)29)20-21(24(32)27-23(20)31)22-25-17-6-3-4-7-18(17)26-22/h4-5,7-10,13-15,27H,6,11-12H2,1-3H3,(H,28,31,32);3-4,6-9,12-14,26,30H,5,10-11H2,1-2H3,(H,27,31,32);2-6,11-12,25,31H,7-10H2,1H3,(H,26,27)(H,28,32,33);3-4,6-9,12-13,30H,5,10-11H2,1-2H3,(H,25,26)(H,27,31,32). The Balaban J connectivity index is 0.000000117. The topological polar surface area (TPSA) is 390 Å². The van der Waals surface area contributed by atoms with Gasteiger partial charge in [-0.2, -0.15) is 0 Å². The molecular weight excluding hydrogens is 1650 g/mol. The molecule has 8 amide bonds. The van der Waals surface area contributed by atoms with Gasteiger partial charge in [-0.3, -0.25) is 59.6 Å². The molecule has 0 atom stereocenters. The number of imidazole rings is 2. The van der Waals surface area contributed by atoms with Crippen molar-refractivity contribution in [2.24, 2.45) is 0 Å².